The molecule has 0 spiro atoms. The molecule has 0 N–H and O–H groups in total. The first-order chi connectivity index (χ1) is 17.0. The number of anilines is 1. The van der Waals surface area contributed by atoms with Crippen LogP contribution < -0.4 is 4.90 Å². The standard InChI is InChI=1S/C27H22BrN5O2/c1-2-33-26(34)21-14-19(15-29)25(24(28)23(21)27(33)35)31-30-20-10-11-22-18(13-20)9-6-12-32(22)16-17-7-4-3-5-8-17/h3-5,7-8,10-11,13-14H,2,6,9,12,16H2,1H3. The summed E-state index contributed by atoms with van der Waals surface area (Å²) >= 11 is 3.41. The molecule has 0 atom stereocenters. The van der Waals surface area contributed by atoms with Gasteiger partial charge in [0.1, 0.15) is 11.8 Å². The van der Waals surface area contributed by atoms with Gasteiger partial charge in [-0.05, 0) is 71.1 Å². The van der Waals surface area contributed by atoms with Crippen LogP contribution in [-0.4, -0.2) is 29.8 Å². The number of carbonyl (C=O) groups excluding carboxylic acids is 2. The number of amides is 2. The molecule has 3 aromatic carbocycles. The van der Waals surface area contributed by atoms with Gasteiger partial charge >= 0.3 is 0 Å². The van der Waals surface area contributed by atoms with Gasteiger partial charge in [-0.25, -0.2) is 0 Å². The number of nitriles is 1. The first-order valence-corrected chi connectivity index (χ1v) is 12.3. The monoisotopic (exact) mass is 527 g/mol. The van der Waals surface area contributed by atoms with E-state index in [4.69, 9.17) is 0 Å². The van der Waals surface area contributed by atoms with Crippen LogP contribution in [0, 0.1) is 11.3 Å². The number of carbonyl (C=O) groups is 2. The van der Waals surface area contributed by atoms with Crippen molar-refractivity contribution >= 4 is 44.8 Å². The van der Waals surface area contributed by atoms with Crippen molar-refractivity contribution in [3.05, 3.63) is 86.9 Å². The number of hydrogen-bond acceptors (Lipinski definition) is 6. The fraction of sp³-hybridized carbons (Fsp3) is 0.222. The molecule has 174 valence electrons. The van der Waals surface area contributed by atoms with E-state index in [1.807, 2.05) is 18.2 Å². The van der Waals surface area contributed by atoms with Gasteiger partial charge in [-0.1, -0.05) is 30.3 Å². The van der Waals surface area contributed by atoms with Crippen molar-refractivity contribution in [3.63, 3.8) is 0 Å². The largest absolute Gasteiger partial charge is 0.367 e. The highest BCUT2D eigenvalue weighted by Crippen LogP contribution is 2.40. The number of aryl methyl sites for hydroxylation is 1. The lowest BCUT2D eigenvalue weighted by Gasteiger charge is -2.31. The van der Waals surface area contributed by atoms with Crippen LogP contribution in [0.1, 0.15) is 50.8 Å². The Morgan fingerprint density at radius 2 is 1.86 bits per heavy atom. The number of nitrogens with zero attached hydrogens (tertiary/aromatic N) is 5. The van der Waals surface area contributed by atoms with E-state index in [0.717, 1.165) is 30.8 Å². The van der Waals surface area contributed by atoms with Crippen LogP contribution in [0.3, 0.4) is 0 Å². The van der Waals surface area contributed by atoms with Crippen molar-refractivity contribution in [1.82, 2.24) is 4.90 Å². The van der Waals surface area contributed by atoms with E-state index in [1.165, 1.54) is 22.9 Å². The molecular formula is C27H22BrN5O2. The molecule has 0 aliphatic carbocycles. The maximum atomic E-state index is 12.7. The first kappa shape index (κ1) is 22.9. The third kappa shape index (κ3) is 4.13. The normalized spacial score (nSPS) is 14.9. The molecule has 2 aliphatic heterocycles. The smallest absolute Gasteiger partial charge is 0.262 e. The van der Waals surface area contributed by atoms with E-state index in [9.17, 15) is 14.9 Å². The van der Waals surface area contributed by atoms with Crippen LogP contribution in [0.15, 0.2) is 69.3 Å². The molecule has 5 rings (SSSR count). The number of fused-ring (bicyclic) bond motifs is 2. The topological polar surface area (TPSA) is 89.1 Å². The highest BCUT2D eigenvalue weighted by molar-refractivity contribution is 9.10. The van der Waals surface area contributed by atoms with Crippen LogP contribution in [-0.2, 0) is 13.0 Å². The van der Waals surface area contributed by atoms with Crippen LogP contribution >= 0.6 is 15.9 Å². The summed E-state index contributed by atoms with van der Waals surface area (Å²) in [4.78, 5) is 28.8. The minimum atomic E-state index is -0.400. The third-order valence-electron chi connectivity index (χ3n) is 6.37. The Kier molecular flexibility index (Phi) is 6.18. The molecule has 0 fully saturated rings. The van der Waals surface area contributed by atoms with Gasteiger partial charge in [0.2, 0.25) is 0 Å². The summed E-state index contributed by atoms with van der Waals surface area (Å²) in [5.41, 5.74) is 5.21. The van der Waals surface area contributed by atoms with Gasteiger partial charge in [0, 0.05) is 25.3 Å². The average Bonchev–Trinajstić information content (AvgIpc) is 3.12. The molecule has 2 amide bonds. The summed E-state index contributed by atoms with van der Waals surface area (Å²) in [6, 6.07) is 19.9. The molecular weight excluding hydrogens is 506 g/mol. The minimum Gasteiger partial charge on any atom is -0.367 e. The molecule has 0 radical (unpaired) electrons. The van der Waals surface area contributed by atoms with Crippen LogP contribution in [0.25, 0.3) is 0 Å². The minimum absolute atomic E-state index is 0.186. The quantitative estimate of drug-likeness (QED) is 0.287. The predicted molar refractivity (Wildman–Crippen MR) is 136 cm³/mol. The van der Waals surface area contributed by atoms with Gasteiger partial charge in [0.15, 0.2) is 0 Å². The number of halogens is 1. The Bertz CT molecular complexity index is 1410. The van der Waals surface area contributed by atoms with E-state index in [2.05, 4.69) is 67.5 Å². The van der Waals surface area contributed by atoms with Crippen molar-refractivity contribution in [2.75, 3.05) is 18.0 Å². The second-order valence-corrected chi connectivity index (χ2v) is 9.29. The molecule has 0 aromatic heterocycles. The molecule has 35 heavy (non-hydrogen) atoms. The van der Waals surface area contributed by atoms with E-state index >= 15 is 0 Å². The maximum absolute atomic E-state index is 12.7. The SMILES string of the molecule is CCN1C(=O)c2cc(C#N)c(N=Nc3ccc4c(c3)CCCN4Cc3ccccc3)c(Br)c2C1=O. The van der Waals surface area contributed by atoms with Crippen LogP contribution in [0.5, 0.6) is 0 Å². The summed E-state index contributed by atoms with van der Waals surface area (Å²) in [5.74, 6) is -0.796. The maximum Gasteiger partial charge on any atom is 0.262 e. The van der Waals surface area contributed by atoms with Gasteiger partial charge in [-0.2, -0.15) is 10.4 Å². The molecule has 0 unspecified atom stereocenters. The molecule has 0 bridgehead atoms. The zero-order valence-electron chi connectivity index (χ0n) is 19.2. The van der Waals surface area contributed by atoms with Gasteiger partial charge in [-0.15, -0.1) is 5.11 Å². The predicted octanol–water partition coefficient (Wildman–Crippen LogP) is 6.30. The molecule has 0 saturated carbocycles. The number of benzene rings is 3. The van der Waals surface area contributed by atoms with Crippen molar-refractivity contribution in [1.29, 1.82) is 5.26 Å². The fourth-order valence-corrected chi connectivity index (χ4v) is 5.34. The fourth-order valence-electron chi connectivity index (χ4n) is 4.66. The average molecular weight is 528 g/mol. The number of rotatable bonds is 5. The highest BCUT2D eigenvalue weighted by Gasteiger charge is 2.38. The summed E-state index contributed by atoms with van der Waals surface area (Å²) < 4.78 is 0.316. The molecule has 2 aliphatic rings. The van der Waals surface area contributed by atoms with Crippen molar-refractivity contribution in [2.45, 2.75) is 26.3 Å². The summed E-state index contributed by atoms with van der Waals surface area (Å²) in [6.07, 6.45) is 2.01. The second kappa shape index (κ2) is 9.43. The molecule has 7 nitrogen and oxygen atoms in total. The lowest BCUT2D eigenvalue weighted by molar-refractivity contribution is 0.0662. The van der Waals surface area contributed by atoms with Gasteiger partial charge < -0.3 is 4.90 Å². The third-order valence-corrected chi connectivity index (χ3v) is 7.14. The van der Waals surface area contributed by atoms with E-state index < -0.39 is 11.8 Å². The van der Waals surface area contributed by atoms with Crippen molar-refractivity contribution in [3.8, 4) is 6.07 Å². The summed E-state index contributed by atoms with van der Waals surface area (Å²) in [6.45, 7) is 3.84. The zero-order chi connectivity index (χ0) is 24.5. The van der Waals surface area contributed by atoms with E-state index in [-0.39, 0.29) is 28.9 Å². The molecule has 0 saturated heterocycles. The molecule has 8 heteroatoms. The number of hydrogen-bond donors (Lipinski definition) is 0. The number of imide groups is 1. The van der Waals surface area contributed by atoms with E-state index in [0.29, 0.717) is 10.2 Å². The highest BCUT2D eigenvalue weighted by atomic mass is 79.9. The van der Waals surface area contributed by atoms with Crippen LogP contribution in [0.4, 0.5) is 17.1 Å². The Balaban J connectivity index is 1.45. The Morgan fingerprint density at radius 1 is 1.06 bits per heavy atom. The Hall–Kier alpha value is -3.83. The van der Waals surface area contributed by atoms with Crippen LogP contribution in [0.2, 0.25) is 0 Å². The number of azo groups is 1. The van der Waals surface area contributed by atoms with Gasteiger partial charge in [0.25, 0.3) is 11.8 Å². The molecule has 2 heterocycles. The Labute approximate surface area is 211 Å². The lowest BCUT2D eigenvalue weighted by Crippen LogP contribution is -2.29. The second-order valence-electron chi connectivity index (χ2n) is 8.50. The van der Waals surface area contributed by atoms with Crippen molar-refractivity contribution in [2.24, 2.45) is 10.2 Å². The van der Waals surface area contributed by atoms with Gasteiger partial charge in [0.05, 0.1) is 26.9 Å². The zero-order valence-corrected chi connectivity index (χ0v) is 20.7. The van der Waals surface area contributed by atoms with E-state index in [1.54, 1.807) is 6.92 Å². The lowest BCUT2D eigenvalue weighted by atomic mass is 10.0. The van der Waals surface area contributed by atoms with Gasteiger partial charge in [-0.3, -0.25) is 14.5 Å². The van der Waals surface area contributed by atoms with Crippen molar-refractivity contribution < 1.29 is 9.59 Å². The molecule has 3 aromatic rings. The summed E-state index contributed by atoms with van der Waals surface area (Å²) in [5, 5.41) is 18.4. The Morgan fingerprint density at radius 3 is 2.60 bits per heavy atom. The first-order valence-electron chi connectivity index (χ1n) is 11.5. The summed E-state index contributed by atoms with van der Waals surface area (Å²) in [7, 11) is 0.